The summed E-state index contributed by atoms with van der Waals surface area (Å²) >= 11 is 12.9. The molecule has 0 radical (unpaired) electrons. The molecule has 9 nitrogen and oxygen atoms in total. The summed E-state index contributed by atoms with van der Waals surface area (Å²) in [6, 6.07) is 12.7. The van der Waals surface area contributed by atoms with Crippen LogP contribution in [0.3, 0.4) is 0 Å². The van der Waals surface area contributed by atoms with Crippen LogP contribution < -0.4 is 10.6 Å². The zero-order chi connectivity index (χ0) is 29.2. The maximum absolute atomic E-state index is 13.2. The molecule has 0 saturated heterocycles. The highest BCUT2D eigenvalue weighted by molar-refractivity contribution is 7.90. The quantitative estimate of drug-likeness (QED) is 0.249. The van der Waals surface area contributed by atoms with Gasteiger partial charge in [0.25, 0.3) is 11.8 Å². The Morgan fingerprint density at radius 3 is 2.48 bits per heavy atom. The fourth-order valence-electron chi connectivity index (χ4n) is 4.14. The Hall–Kier alpha value is -3.86. The molecule has 0 aliphatic heterocycles. The smallest absolute Gasteiger partial charge is 0.326 e. The second-order valence-electron chi connectivity index (χ2n) is 9.19. The molecular weight excluding hydrogens is 579 g/mol. The van der Waals surface area contributed by atoms with E-state index in [1.54, 1.807) is 37.3 Å². The van der Waals surface area contributed by atoms with Crippen LogP contribution in [0.1, 0.15) is 37.4 Å². The number of furan rings is 1. The van der Waals surface area contributed by atoms with Crippen molar-refractivity contribution < 1.29 is 32.3 Å². The van der Waals surface area contributed by atoms with Gasteiger partial charge in [-0.15, -0.1) is 0 Å². The third kappa shape index (κ3) is 6.47. The Morgan fingerprint density at radius 1 is 1.02 bits per heavy atom. The van der Waals surface area contributed by atoms with Gasteiger partial charge in [-0.25, -0.2) is 13.2 Å². The Bertz CT molecular complexity index is 1750. The Morgan fingerprint density at radius 2 is 1.77 bits per heavy atom. The molecule has 2 amide bonds. The van der Waals surface area contributed by atoms with Crippen molar-refractivity contribution in [3.63, 3.8) is 0 Å². The second kappa shape index (κ2) is 11.7. The lowest BCUT2D eigenvalue weighted by atomic mass is 10.0. The Labute approximate surface area is 240 Å². The molecule has 12 heteroatoms. The van der Waals surface area contributed by atoms with Crippen LogP contribution in [-0.2, 0) is 27.6 Å². The molecule has 3 aromatic carbocycles. The van der Waals surface area contributed by atoms with Gasteiger partial charge in [-0.3, -0.25) is 9.59 Å². The van der Waals surface area contributed by atoms with Gasteiger partial charge in [0, 0.05) is 30.2 Å². The number of halogens is 2. The van der Waals surface area contributed by atoms with E-state index in [1.807, 2.05) is 0 Å². The first kappa shape index (κ1) is 29.1. The number of nitrogens with one attached hydrogen (secondary N) is 2. The molecule has 3 N–H and O–H groups in total. The zero-order valence-corrected chi connectivity index (χ0v) is 23.7. The number of hydrogen-bond donors (Lipinski definition) is 3. The van der Waals surface area contributed by atoms with Crippen LogP contribution in [0.2, 0.25) is 10.0 Å². The van der Waals surface area contributed by atoms with E-state index in [-0.39, 0.29) is 33.5 Å². The highest BCUT2D eigenvalue weighted by Gasteiger charge is 2.26. The molecule has 4 aromatic rings. The van der Waals surface area contributed by atoms with Gasteiger partial charge in [-0.2, -0.15) is 0 Å². The number of carboxylic acid groups (broad SMARTS) is 1. The van der Waals surface area contributed by atoms with Gasteiger partial charge in [0.2, 0.25) is 0 Å². The number of carboxylic acids is 1. The molecule has 0 spiro atoms. The van der Waals surface area contributed by atoms with Crippen LogP contribution in [0, 0.1) is 6.92 Å². The average Bonchev–Trinajstić information content (AvgIpc) is 3.35. The van der Waals surface area contributed by atoms with Crippen molar-refractivity contribution in [1.82, 2.24) is 10.6 Å². The molecule has 0 aliphatic carbocycles. The number of benzene rings is 3. The van der Waals surface area contributed by atoms with Crippen LogP contribution in [0.15, 0.2) is 70.2 Å². The van der Waals surface area contributed by atoms with E-state index in [2.05, 4.69) is 10.6 Å². The summed E-state index contributed by atoms with van der Waals surface area (Å²) in [6.07, 6.45) is 2.38. The van der Waals surface area contributed by atoms with Crippen molar-refractivity contribution in [2.24, 2.45) is 0 Å². The summed E-state index contributed by atoms with van der Waals surface area (Å²) in [7, 11) is -3.51. The monoisotopic (exact) mass is 602 g/mol. The number of sulfone groups is 1. The maximum atomic E-state index is 13.2. The lowest BCUT2D eigenvalue weighted by Crippen LogP contribution is -2.42. The minimum absolute atomic E-state index is 0.00144. The van der Waals surface area contributed by atoms with E-state index < -0.39 is 33.7 Å². The van der Waals surface area contributed by atoms with Gasteiger partial charge in [0.05, 0.1) is 26.8 Å². The number of carbonyl (C=O) groups excluding carboxylic acids is 2. The summed E-state index contributed by atoms with van der Waals surface area (Å²) in [4.78, 5) is 38.0. The van der Waals surface area contributed by atoms with Gasteiger partial charge in [0.15, 0.2) is 9.84 Å². The van der Waals surface area contributed by atoms with Gasteiger partial charge < -0.3 is 20.2 Å². The summed E-state index contributed by atoms with van der Waals surface area (Å²) < 4.78 is 29.1. The molecular formula is C28H24Cl2N2O7S. The number of amides is 2. The molecule has 208 valence electrons. The minimum atomic E-state index is -3.51. The average molecular weight is 603 g/mol. The third-order valence-electron chi connectivity index (χ3n) is 6.28. The van der Waals surface area contributed by atoms with Gasteiger partial charge in [-0.1, -0.05) is 41.4 Å². The predicted molar refractivity (Wildman–Crippen MR) is 151 cm³/mol. The van der Waals surface area contributed by atoms with Crippen molar-refractivity contribution in [2.75, 3.05) is 6.26 Å². The van der Waals surface area contributed by atoms with Gasteiger partial charge in [0.1, 0.15) is 11.6 Å². The third-order valence-corrected chi connectivity index (χ3v) is 8.11. The summed E-state index contributed by atoms with van der Waals surface area (Å²) in [5, 5.41) is 15.8. The molecule has 0 fully saturated rings. The number of hydrogen-bond acceptors (Lipinski definition) is 6. The fraction of sp³-hybridized carbons (Fsp3) is 0.179. The maximum Gasteiger partial charge on any atom is 0.326 e. The van der Waals surface area contributed by atoms with Crippen molar-refractivity contribution in [1.29, 1.82) is 0 Å². The predicted octanol–water partition coefficient (Wildman–Crippen LogP) is 4.81. The summed E-state index contributed by atoms with van der Waals surface area (Å²) in [6.45, 7) is 1.68. The van der Waals surface area contributed by atoms with Crippen LogP contribution in [0.4, 0.5) is 0 Å². The Kier molecular flexibility index (Phi) is 8.53. The van der Waals surface area contributed by atoms with E-state index in [4.69, 9.17) is 27.6 Å². The first-order valence-electron chi connectivity index (χ1n) is 11.9. The number of fused-ring (bicyclic) bond motifs is 1. The lowest BCUT2D eigenvalue weighted by molar-refractivity contribution is -0.139. The van der Waals surface area contributed by atoms with E-state index >= 15 is 0 Å². The van der Waals surface area contributed by atoms with Gasteiger partial charge in [-0.05, 0) is 60.0 Å². The normalized spacial score (nSPS) is 12.2. The fourth-order valence-corrected chi connectivity index (χ4v) is 5.63. The first-order chi connectivity index (χ1) is 18.8. The van der Waals surface area contributed by atoms with Crippen LogP contribution in [0.25, 0.3) is 11.0 Å². The molecule has 0 saturated carbocycles. The molecule has 0 bridgehead atoms. The van der Waals surface area contributed by atoms with Crippen LogP contribution >= 0.6 is 23.2 Å². The largest absolute Gasteiger partial charge is 0.480 e. The summed E-state index contributed by atoms with van der Waals surface area (Å²) in [5.41, 5.74) is 2.21. The number of aryl methyl sites for hydroxylation is 1. The van der Waals surface area contributed by atoms with Crippen LogP contribution in [0.5, 0.6) is 0 Å². The number of aliphatic carboxylic acids is 1. The SMILES string of the molecule is Cc1cc(Cl)c(C(=O)N[C@@H](Cc2cccc(S(C)(=O)=O)c2)C(=O)O)c(Cl)c1CNC(=O)c1ccc2ccoc2c1. The van der Waals surface area contributed by atoms with Crippen molar-refractivity contribution >= 4 is 61.8 Å². The second-order valence-corrected chi connectivity index (χ2v) is 12.0. The van der Waals surface area contributed by atoms with Crippen molar-refractivity contribution in [2.45, 2.75) is 30.8 Å². The molecule has 1 atom stereocenters. The van der Waals surface area contributed by atoms with Crippen LogP contribution in [-0.4, -0.2) is 43.6 Å². The number of carbonyl (C=O) groups is 3. The molecule has 1 heterocycles. The topological polar surface area (TPSA) is 143 Å². The van der Waals surface area contributed by atoms with E-state index in [0.717, 1.165) is 11.6 Å². The van der Waals surface area contributed by atoms with Crippen molar-refractivity contribution in [3.8, 4) is 0 Å². The molecule has 0 aliphatic rings. The molecule has 0 unspecified atom stereocenters. The summed E-state index contributed by atoms with van der Waals surface area (Å²) in [5.74, 6) is -2.56. The Balaban J connectivity index is 1.54. The number of rotatable bonds is 9. The standard InChI is InChI=1S/C28H24Cl2N2O7S/c1-15-10-21(29)24(25(30)20(15)14-31-26(33)18-7-6-17-8-9-39-23(17)13-18)27(34)32-22(28(35)36)12-16-4-3-5-19(11-16)40(2,37)38/h3-11,13,22H,12,14H2,1-2H3,(H,31,33)(H,32,34)(H,35,36)/t22-/m0/s1. The van der Waals surface area contributed by atoms with Gasteiger partial charge >= 0.3 is 5.97 Å². The van der Waals surface area contributed by atoms with E-state index in [9.17, 15) is 27.9 Å². The van der Waals surface area contributed by atoms with Crippen molar-refractivity contribution in [3.05, 3.63) is 98.7 Å². The molecule has 1 aromatic heterocycles. The molecule has 40 heavy (non-hydrogen) atoms. The highest BCUT2D eigenvalue weighted by Crippen LogP contribution is 2.31. The highest BCUT2D eigenvalue weighted by atomic mass is 35.5. The van der Waals surface area contributed by atoms with E-state index in [1.165, 1.54) is 30.5 Å². The minimum Gasteiger partial charge on any atom is -0.480 e. The molecule has 4 rings (SSSR count). The zero-order valence-electron chi connectivity index (χ0n) is 21.3. The lowest BCUT2D eigenvalue weighted by Gasteiger charge is -2.18. The first-order valence-corrected chi connectivity index (χ1v) is 14.6. The van der Waals surface area contributed by atoms with E-state index in [0.29, 0.717) is 27.8 Å².